The Hall–Kier alpha value is -1.15. The molecule has 0 amide bonds. The highest BCUT2D eigenvalue weighted by molar-refractivity contribution is 7.89. The van der Waals surface area contributed by atoms with Crippen molar-refractivity contribution in [2.75, 3.05) is 50.9 Å². The predicted octanol–water partition coefficient (Wildman–Crippen LogP) is 1.32. The highest BCUT2D eigenvalue weighted by Gasteiger charge is 2.26. The number of benzene rings is 1. The van der Waals surface area contributed by atoms with Crippen LogP contribution in [0, 0.1) is 0 Å². The van der Waals surface area contributed by atoms with Crippen LogP contribution in [0.15, 0.2) is 29.2 Å². The number of hydrogen-bond donors (Lipinski definition) is 0. The average molecular weight is 340 g/mol. The number of rotatable bonds is 4. The van der Waals surface area contributed by atoms with Crippen LogP contribution in [0.1, 0.15) is 13.3 Å². The van der Waals surface area contributed by atoms with Crippen LogP contribution in [0.5, 0.6) is 0 Å². The summed E-state index contributed by atoms with van der Waals surface area (Å²) in [6, 6.07) is 7.20. The van der Waals surface area contributed by atoms with Crippen LogP contribution >= 0.6 is 0 Å². The van der Waals surface area contributed by atoms with Gasteiger partial charge in [0.1, 0.15) is 0 Å². The third-order valence-electron chi connectivity index (χ3n) is 4.40. The van der Waals surface area contributed by atoms with Crippen LogP contribution in [0.2, 0.25) is 0 Å². The average Bonchev–Trinajstić information content (AvgIpc) is 2.62. The van der Waals surface area contributed by atoms with Crippen LogP contribution in [-0.2, 0) is 19.5 Å². The molecule has 0 radical (unpaired) electrons. The van der Waals surface area contributed by atoms with Crippen LogP contribution < -0.4 is 4.90 Å². The maximum absolute atomic E-state index is 12.6. The molecule has 0 aromatic heterocycles. The summed E-state index contributed by atoms with van der Waals surface area (Å²) in [5, 5.41) is 0. The summed E-state index contributed by atoms with van der Waals surface area (Å²) >= 11 is 0. The molecule has 1 aromatic carbocycles. The fraction of sp³-hybridized carbons (Fsp3) is 0.625. The minimum absolute atomic E-state index is 0.250. The van der Waals surface area contributed by atoms with E-state index in [4.69, 9.17) is 9.47 Å². The van der Waals surface area contributed by atoms with Crippen molar-refractivity contribution in [1.29, 1.82) is 0 Å². The Labute approximate surface area is 138 Å². The first-order valence-electron chi connectivity index (χ1n) is 8.16. The lowest BCUT2D eigenvalue weighted by molar-refractivity contribution is 0.0384. The number of ether oxygens (including phenoxy) is 2. The Morgan fingerprint density at radius 2 is 1.78 bits per heavy atom. The van der Waals surface area contributed by atoms with Gasteiger partial charge in [0.15, 0.2) is 0 Å². The third-order valence-corrected chi connectivity index (χ3v) is 6.32. The summed E-state index contributed by atoms with van der Waals surface area (Å²) in [7, 11) is -3.41. The molecular weight excluding hydrogens is 316 g/mol. The molecule has 2 fully saturated rings. The second-order valence-electron chi connectivity index (χ2n) is 5.86. The van der Waals surface area contributed by atoms with Gasteiger partial charge >= 0.3 is 0 Å². The van der Waals surface area contributed by atoms with Gasteiger partial charge in [-0.15, -0.1) is 0 Å². The standard InChI is InChI=1S/C16H24N2O4S/c1-2-15-13-17(7-12-22-15)14-3-5-16(6-4-14)23(19,20)18-8-10-21-11-9-18/h3-6,15H,2,7-13H2,1H3. The van der Waals surface area contributed by atoms with Crippen molar-refractivity contribution >= 4 is 15.7 Å². The molecule has 6 nitrogen and oxygen atoms in total. The number of sulfonamides is 1. The number of hydrogen-bond acceptors (Lipinski definition) is 5. The molecule has 1 aromatic rings. The van der Waals surface area contributed by atoms with Crippen molar-refractivity contribution in [1.82, 2.24) is 4.31 Å². The SMILES string of the molecule is CCC1CN(c2ccc(S(=O)(=O)N3CCOCC3)cc2)CCO1. The van der Waals surface area contributed by atoms with Crippen molar-refractivity contribution in [3.8, 4) is 0 Å². The Morgan fingerprint density at radius 1 is 1.09 bits per heavy atom. The van der Waals surface area contributed by atoms with Crippen molar-refractivity contribution in [2.45, 2.75) is 24.3 Å². The quantitative estimate of drug-likeness (QED) is 0.827. The van der Waals surface area contributed by atoms with E-state index < -0.39 is 10.0 Å². The van der Waals surface area contributed by atoms with Crippen LogP contribution in [-0.4, -0.2) is 64.8 Å². The Kier molecular flexibility index (Phi) is 5.21. The van der Waals surface area contributed by atoms with Crippen LogP contribution in [0.4, 0.5) is 5.69 Å². The first-order valence-corrected chi connectivity index (χ1v) is 9.60. The van der Waals surface area contributed by atoms with Crippen molar-refractivity contribution in [3.05, 3.63) is 24.3 Å². The second-order valence-corrected chi connectivity index (χ2v) is 7.80. The molecule has 0 spiro atoms. The third kappa shape index (κ3) is 3.68. The zero-order valence-electron chi connectivity index (χ0n) is 13.5. The minimum Gasteiger partial charge on any atom is -0.379 e. The zero-order chi connectivity index (χ0) is 16.3. The maximum Gasteiger partial charge on any atom is 0.243 e. The summed E-state index contributed by atoms with van der Waals surface area (Å²) < 4.78 is 37.6. The van der Waals surface area contributed by atoms with Crippen LogP contribution in [0.3, 0.4) is 0 Å². The Balaban J connectivity index is 1.73. The van der Waals surface area contributed by atoms with E-state index in [0.717, 1.165) is 25.2 Å². The molecule has 3 rings (SSSR count). The van der Waals surface area contributed by atoms with Gasteiger partial charge in [0.25, 0.3) is 0 Å². The van der Waals surface area contributed by atoms with Gasteiger partial charge in [-0.25, -0.2) is 8.42 Å². The lowest BCUT2D eigenvalue weighted by Crippen LogP contribution is -2.42. The van der Waals surface area contributed by atoms with Gasteiger partial charge in [0, 0.05) is 31.9 Å². The first-order chi connectivity index (χ1) is 11.1. The molecule has 2 heterocycles. The number of morpholine rings is 2. The Morgan fingerprint density at radius 3 is 2.43 bits per heavy atom. The van der Waals surface area contributed by atoms with E-state index in [1.807, 2.05) is 12.1 Å². The van der Waals surface area contributed by atoms with E-state index in [0.29, 0.717) is 37.8 Å². The minimum atomic E-state index is -3.41. The summed E-state index contributed by atoms with van der Waals surface area (Å²) in [5.41, 5.74) is 1.05. The lowest BCUT2D eigenvalue weighted by atomic mass is 10.2. The molecule has 23 heavy (non-hydrogen) atoms. The molecule has 2 aliphatic heterocycles. The summed E-state index contributed by atoms with van der Waals surface area (Å²) in [5.74, 6) is 0. The topological polar surface area (TPSA) is 59.1 Å². The number of nitrogens with zero attached hydrogens (tertiary/aromatic N) is 2. The molecule has 2 saturated heterocycles. The van der Waals surface area contributed by atoms with Gasteiger partial charge < -0.3 is 14.4 Å². The Bertz CT molecular complexity index is 611. The predicted molar refractivity (Wildman–Crippen MR) is 88.3 cm³/mol. The normalized spacial score (nSPS) is 23.9. The molecule has 0 saturated carbocycles. The van der Waals surface area contributed by atoms with Gasteiger partial charge in [-0.3, -0.25) is 0 Å². The zero-order valence-corrected chi connectivity index (χ0v) is 14.3. The summed E-state index contributed by atoms with van der Waals surface area (Å²) in [4.78, 5) is 2.60. The van der Waals surface area contributed by atoms with E-state index in [1.54, 1.807) is 12.1 Å². The smallest absolute Gasteiger partial charge is 0.243 e. The van der Waals surface area contributed by atoms with E-state index >= 15 is 0 Å². The van der Waals surface area contributed by atoms with Gasteiger partial charge in [-0.2, -0.15) is 4.31 Å². The molecule has 0 N–H and O–H groups in total. The van der Waals surface area contributed by atoms with Crippen LogP contribution in [0.25, 0.3) is 0 Å². The molecular formula is C16H24N2O4S. The van der Waals surface area contributed by atoms with Gasteiger partial charge in [0.05, 0.1) is 30.8 Å². The molecule has 7 heteroatoms. The fourth-order valence-electron chi connectivity index (χ4n) is 2.97. The van der Waals surface area contributed by atoms with Crippen molar-refractivity contribution in [3.63, 3.8) is 0 Å². The van der Waals surface area contributed by atoms with E-state index in [1.165, 1.54) is 4.31 Å². The van der Waals surface area contributed by atoms with E-state index in [9.17, 15) is 8.42 Å². The second kappa shape index (κ2) is 7.17. The van der Waals surface area contributed by atoms with E-state index in [-0.39, 0.29) is 6.10 Å². The molecule has 1 unspecified atom stereocenters. The summed E-state index contributed by atoms with van der Waals surface area (Å²) in [6.07, 6.45) is 1.24. The largest absolute Gasteiger partial charge is 0.379 e. The highest BCUT2D eigenvalue weighted by Crippen LogP contribution is 2.23. The van der Waals surface area contributed by atoms with E-state index in [2.05, 4.69) is 11.8 Å². The monoisotopic (exact) mass is 340 g/mol. The van der Waals surface area contributed by atoms with Crippen molar-refractivity contribution < 1.29 is 17.9 Å². The maximum atomic E-state index is 12.6. The molecule has 0 aliphatic carbocycles. The van der Waals surface area contributed by atoms with Gasteiger partial charge in [-0.1, -0.05) is 6.92 Å². The number of anilines is 1. The highest BCUT2D eigenvalue weighted by atomic mass is 32.2. The molecule has 2 aliphatic rings. The lowest BCUT2D eigenvalue weighted by Gasteiger charge is -2.34. The fourth-order valence-corrected chi connectivity index (χ4v) is 4.37. The molecule has 1 atom stereocenters. The molecule has 0 bridgehead atoms. The summed E-state index contributed by atoms with van der Waals surface area (Å²) in [6.45, 7) is 6.29. The molecule has 128 valence electrons. The van der Waals surface area contributed by atoms with Gasteiger partial charge in [0.2, 0.25) is 10.0 Å². The van der Waals surface area contributed by atoms with Gasteiger partial charge in [-0.05, 0) is 30.7 Å². The van der Waals surface area contributed by atoms with Crippen molar-refractivity contribution in [2.24, 2.45) is 0 Å². The first kappa shape index (κ1) is 16.7.